The van der Waals surface area contributed by atoms with Gasteiger partial charge >= 0.3 is 6.03 Å². The van der Waals surface area contributed by atoms with Crippen LogP contribution in [0.5, 0.6) is 0 Å². The fourth-order valence-electron chi connectivity index (χ4n) is 2.48. The number of amides is 2. The number of hydrogen-bond donors (Lipinski definition) is 1. The van der Waals surface area contributed by atoms with Gasteiger partial charge in [-0.05, 0) is 6.42 Å². The topological polar surface area (TPSA) is 54.0 Å². The van der Waals surface area contributed by atoms with E-state index in [1.807, 2.05) is 4.90 Å². The maximum Gasteiger partial charge on any atom is 0.317 e. The Balaban J connectivity index is 1.76. The molecule has 104 valence electrons. The molecule has 6 heteroatoms. The molecule has 0 spiro atoms. The largest absolute Gasteiger partial charge is 0.385 e. The van der Waals surface area contributed by atoms with Crippen molar-refractivity contribution in [3.8, 4) is 0 Å². The SMILES string of the molecule is COCCC1COCCN1CCN1CCNC1=O. The Hall–Kier alpha value is -0.850. The van der Waals surface area contributed by atoms with Gasteiger partial charge < -0.3 is 19.7 Å². The summed E-state index contributed by atoms with van der Waals surface area (Å²) in [6.45, 7) is 6.59. The molecule has 2 heterocycles. The molecule has 18 heavy (non-hydrogen) atoms. The van der Waals surface area contributed by atoms with E-state index >= 15 is 0 Å². The number of carbonyl (C=O) groups is 1. The predicted octanol–water partition coefficient (Wildman–Crippen LogP) is -0.251. The van der Waals surface area contributed by atoms with Gasteiger partial charge in [-0.3, -0.25) is 4.90 Å². The highest BCUT2D eigenvalue weighted by Gasteiger charge is 2.25. The first-order chi connectivity index (χ1) is 8.81. The molecule has 2 saturated heterocycles. The van der Waals surface area contributed by atoms with Gasteiger partial charge in [0.05, 0.1) is 13.2 Å². The minimum atomic E-state index is 0.0664. The molecular formula is C12H23N3O3. The molecular weight excluding hydrogens is 234 g/mol. The smallest absolute Gasteiger partial charge is 0.317 e. The monoisotopic (exact) mass is 257 g/mol. The average Bonchev–Trinajstić information content (AvgIpc) is 2.80. The summed E-state index contributed by atoms with van der Waals surface area (Å²) >= 11 is 0. The molecule has 1 N–H and O–H groups in total. The first-order valence-corrected chi connectivity index (χ1v) is 6.65. The van der Waals surface area contributed by atoms with E-state index in [0.717, 1.165) is 59.0 Å². The molecule has 0 aromatic rings. The van der Waals surface area contributed by atoms with Crippen molar-refractivity contribution < 1.29 is 14.3 Å². The molecule has 0 aromatic heterocycles. The molecule has 1 unspecified atom stereocenters. The number of hydrogen-bond acceptors (Lipinski definition) is 4. The van der Waals surface area contributed by atoms with Crippen molar-refractivity contribution in [2.75, 3.05) is 59.7 Å². The second-order valence-electron chi connectivity index (χ2n) is 4.77. The summed E-state index contributed by atoms with van der Waals surface area (Å²) in [7, 11) is 1.72. The van der Waals surface area contributed by atoms with Crippen LogP contribution in [-0.4, -0.2) is 81.5 Å². The molecule has 2 aliphatic rings. The first-order valence-electron chi connectivity index (χ1n) is 6.65. The van der Waals surface area contributed by atoms with Crippen molar-refractivity contribution in [1.82, 2.24) is 15.1 Å². The molecule has 0 aliphatic carbocycles. The molecule has 6 nitrogen and oxygen atoms in total. The van der Waals surface area contributed by atoms with Crippen LogP contribution in [0.2, 0.25) is 0 Å². The van der Waals surface area contributed by atoms with Crippen LogP contribution in [0.15, 0.2) is 0 Å². The van der Waals surface area contributed by atoms with Crippen LogP contribution < -0.4 is 5.32 Å². The van der Waals surface area contributed by atoms with Crippen LogP contribution in [0.4, 0.5) is 4.79 Å². The summed E-state index contributed by atoms with van der Waals surface area (Å²) < 4.78 is 10.6. The lowest BCUT2D eigenvalue weighted by Gasteiger charge is -2.36. The van der Waals surface area contributed by atoms with E-state index in [1.54, 1.807) is 7.11 Å². The zero-order valence-corrected chi connectivity index (χ0v) is 11.1. The first kappa shape index (κ1) is 13.6. The van der Waals surface area contributed by atoms with E-state index in [4.69, 9.17) is 9.47 Å². The molecule has 2 aliphatic heterocycles. The van der Waals surface area contributed by atoms with Crippen molar-refractivity contribution in [2.24, 2.45) is 0 Å². The normalized spacial score (nSPS) is 25.5. The summed E-state index contributed by atoms with van der Waals surface area (Å²) in [6.07, 6.45) is 0.989. The summed E-state index contributed by atoms with van der Waals surface area (Å²) in [4.78, 5) is 15.7. The summed E-state index contributed by atoms with van der Waals surface area (Å²) in [6, 6.07) is 0.487. The van der Waals surface area contributed by atoms with Crippen molar-refractivity contribution in [3.05, 3.63) is 0 Å². The maximum atomic E-state index is 11.5. The van der Waals surface area contributed by atoms with E-state index in [9.17, 15) is 4.79 Å². The standard InChI is InChI=1S/C12H23N3O3/c1-17-8-2-11-10-18-9-7-14(11)5-6-15-4-3-13-12(15)16/h11H,2-10H2,1H3,(H,13,16). The van der Waals surface area contributed by atoms with E-state index in [-0.39, 0.29) is 6.03 Å². The molecule has 2 fully saturated rings. The maximum absolute atomic E-state index is 11.5. The third-order valence-electron chi connectivity index (χ3n) is 3.61. The number of methoxy groups -OCH3 is 1. The number of urea groups is 1. The van der Waals surface area contributed by atoms with Gasteiger partial charge in [-0.15, -0.1) is 0 Å². The van der Waals surface area contributed by atoms with Gasteiger partial charge in [0, 0.05) is 52.5 Å². The fourth-order valence-corrected chi connectivity index (χ4v) is 2.48. The van der Waals surface area contributed by atoms with Gasteiger partial charge in [0.15, 0.2) is 0 Å². The molecule has 0 bridgehead atoms. The zero-order chi connectivity index (χ0) is 12.8. The Kier molecular flexibility index (Phi) is 5.22. The number of carbonyl (C=O) groups excluding carboxylic acids is 1. The minimum Gasteiger partial charge on any atom is -0.385 e. The van der Waals surface area contributed by atoms with Crippen molar-refractivity contribution in [3.63, 3.8) is 0 Å². The van der Waals surface area contributed by atoms with E-state index in [0.29, 0.717) is 6.04 Å². The Labute approximate surface area is 108 Å². The summed E-state index contributed by atoms with van der Waals surface area (Å²) in [5.41, 5.74) is 0. The van der Waals surface area contributed by atoms with Gasteiger partial charge in [-0.1, -0.05) is 0 Å². The van der Waals surface area contributed by atoms with Gasteiger partial charge in [-0.2, -0.15) is 0 Å². The molecule has 0 radical (unpaired) electrons. The van der Waals surface area contributed by atoms with Gasteiger partial charge in [-0.25, -0.2) is 4.79 Å². The molecule has 1 atom stereocenters. The Morgan fingerprint density at radius 3 is 3.06 bits per heavy atom. The summed E-state index contributed by atoms with van der Waals surface area (Å²) in [5, 5.41) is 2.83. The highest BCUT2D eigenvalue weighted by molar-refractivity contribution is 5.76. The van der Waals surface area contributed by atoms with Crippen LogP contribution in [-0.2, 0) is 9.47 Å². The van der Waals surface area contributed by atoms with Gasteiger partial charge in [0.25, 0.3) is 0 Å². The number of rotatable bonds is 6. The average molecular weight is 257 g/mol. The lowest BCUT2D eigenvalue weighted by Crippen LogP contribution is -2.49. The highest BCUT2D eigenvalue weighted by Crippen LogP contribution is 2.11. The highest BCUT2D eigenvalue weighted by atomic mass is 16.5. The van der Waals surface area contributed by atoms with Crippen molar-refractivity contribution >= 4 is 6.03 Å². The van der Waals surface area contributed by atoms with Crippen LogP contribution in [0.1, 0.15) is 6.42 Å². The van der Waals surface area contributed by atoms with Gasteiger partial charge in [0.1, 0.15) is 0 Å². The number of nitrogens with zero attached hydrogens (tertiary/aromatic N) is 2. The number of nitrogens with one attached hydrogen (secondary N) is 1. The second kappa shape index (κ2) is 6.92. The van der Waals surface area contributed by atoms with Gasteiger partial charge in [0.2, 0.25) is 0 Å². The third-order valence-corrected chi connectivity index (χ3v) is 3.61. The van der Waals surface area contributed by atoms with E-state index in [1.165, 1.54) is 0 Å². The molecule has 2 rings (SSSR count). The Morgan fingerprint density at radius 1 is 1.44 bits per heavy atom. The molecule has 0 saturated carbocycles. The zero-order valence-electron chi connectivity index (χ0n) is 11.1. The van der Waals surface area contributed by atoms with E-state index in [2.05, 4.69) is 10.2 Å². The molecule has 2 amide bonds. The second-order valence-corrected chi connectivity index (χ2v) is 4.77. The minimum absolute atomic E-state index is 0.0664. The van der Waals surface area contributed by atoms with Crippen molar-refractivity contribution in [1.29, 1.82) is 0 Å². The Morgan fingerprint density at radius 2 is 2.33 bits per heavy atom. The number of morpholine rings is 1. The Bertz CT molecular complexity index is 275. The fraction of sp³-hybridized carbons (Fsp3) is 0.917. The van der Waals surface area contributed by atoms with Crippen LogP contribution >= 0.6 is 0 Å². The lowest BCUT2D eigenvalue weighted by molar-refractivity contribution is -0.0194. The third kappa shape index (κ3) is 3.57. The van der Waals surface area contributed by atoms with Crippen molar-refractivity contribution in [2.45, 2.75) is 12.5 Å². The molecule has 0 aromatic carbocycles. The lowest BCUT2D eigenvalue weighted by atomic mass is 10.1. The van der Waals surface area contributed by atoms with E-state index < -0.39 is 0 Å². The number of ether oxygens (including phenoxy) is 2. The van der Waals surface area contributed by atoms with Crippen LogP contribution in [0.3, 0.4) is 0 Å². The quantitative estimate of drug-likeness (QED) is 0.713. The van der Waals surface area contributed by atoms with Crippen LogP contribution in [0.25, 0.3) is 0 Å². The summed E-state index contributed by atoms with van der Waals surface area (Å²) in [5.74, 6) is 0. The van der Waals surface area contributed by atoms with Crippen LogP contribution in [0, 0.1) is 0 Å². The predicted molar refractivity (Wildman–Crippen MR) is 67.6 cm³/mol.